The highest BCUT2D eigenvalue weighted by molar-refractivity contribution is 6.01. The van der Waals surface area contributed by atoms with Crippen LogP contribution in [0.3, 0.4) is 0 Å². The number of ether oxygens (including phenoxy) is 2. The number of hydrogen-bond acceptors (Lipinski definition) is 5. The van der Waals surface area contributed by atoms with Crippen LogP contribution in [0.15, 0.2) is 29.8 Å². The SMILES string of the molecule is CC(=O)OC1=C(N)OC(c2ccc(F)c(F)c2)C1=O. The molecular formula is C12H9F2NO4. The summed E-state index contributed by atoms with van der Waals surface area (Å²) in [7, 11) is 0. The Balaban J connectivity index is 2.28. The van der Waals surface area contributed by atoms with E-state index in [0.717, 1.165) is 19.1 Å². The van der Waals surface area contributed by atoms with E-state index in [1.165, 1.54) is 6.07 Å². The van der Waals surface area contributed by atoms with Gasteiger partial charge in [-0.2, -0.15) is 0 Å². The molecule has 2 N–H and O–H groups in total. The standard InChI is InChI=1S/C12H9F2NO4/c1-5(16)18-11-9(17)10(19-12(11)15)6-2-3-7(13)8(14)4-6/h2-4,10H,15H2,1H3. The van der Waals surface area contributed by atoms with E-state index in [1.54, 1.807) is 0 Å². The number of carbonyl (C=O) groups excluding carboxylic acids is 2. The maximum absolute atomic E-state index is 13.1. The minimum Gasteiger partial charge on any atom is -0.460 e. The molecule has 0 amide bonds. The molecule has 1 aliphatic heterocycles. The monoisotopic (exact) mass is 269 g/mol. The molecule has 7 heteroatoms. The average molecular weight is 269 g/mol. The zero-order valence-corrected chi connectivity index (χ0v) is 9.78. The third-order valence-corrected chi connectivity index (χ3v) is 2.42. The molecule has 2 rings (SSSR count). The van der Waals surface area contributed by atoms with Gasteiger partial charge in [-0.05, 0) is 12.1 Å². The first-order valence-corrected chi connectivity index (χ1v) is 5.24. The van der Waals surface area contributed by atoms with Crippen molar-refractivity contribution in [3.05, 3.63) is 47.0 Å². The highest BCUT2D eigenvalue weighted by atomic mass is 19.2. The van der Waals surface area contributed by atoms with E-state index in [0.29, 0.717) is 0 Å². The van der Waals surface area contributed by atoms with Crippen LogP contribution in [0, 0.1) is 11.6 Å². The van der Waals surface area contributed by atoms with Gasteiger partial charge in [0.25, 0.3) is 0 Å². The molecule has 1 aromatic carbocycles. The van der Waals surface area contributed by atoms with Crippen molar-refractivity contribution in [1.82, 2.24) is 0 Å². The third-order valence-electron chi connectivity index (χ3n) is 2.42. The fourth-order valence-electron chi connectivity index (χ4n) is 1.61. The van der Waals surface area contributed by atoms with Gasteiger partial charge < -0.3 is 15.2 Å². The van der Waals surface area contributed by atoms with Crippen LogP contribution in [0.4, 0.5) is 8.78 Å². The molecule has 0 fully saturated rings. The van der Waals surface area contributed by atoms with Gasteiger partial charge in [0.2, 0.25) is 17.4 Å². The van der Waals surface area contributed by atoms with E-state index in [9.17, 15) is 18.4 Å². The van der Waals surface area contributed by atoms with E-state index in [2.05, 4.69) is 4.74 Å². The minimum absolute atomic E-state index is 0.0778. The predicted molar refractivity (Wildman–Crippen MR) is 58.2 cm³/mol. The number of nitrogens with two attached hydrogens (primary N) is 1. The smallest absolute Gasteiger partial charge is 0.308 e. The van der Waals surface area contributed by atoms with Gasteiger partial charge in [0, 0.05) is 12.5 Å². The largest absolute Gasteiger partial charge is 0.460 e. The lowest BCUT2D eigenvalue weighted by molar-refractivity contribution is -0.140. The van der Waals surface area contributed by atoms with Crippen molar-refractivity contribution in [2.45, 2.75) is 13.0 Å². The Bertz CT molecular complexity index is 597. The van der Waals surface area contributed by atoms with Crippen molar-refractivity contribution in [3.8, 4) is 0 Å². The lowest BCUT2D eigenvalue weighted by atomic mass is 10.1. The van der Waals surface area contributed by atoms with Gasteiger partial charge in [0.05, 0.1) is 0 Å². The van der Waals surface area contributed by atoms with Gasteiger partial charge in [0.15, 0.2) is 17.7 Å². The van der Waals surface area contributed by atoms with E-state index in [1.807, 2.05) is 0 Å². The molecule has 1 unspecified atom stereocenters. The van der Waals surface area contributed by atoms with Crippen LogP contribution >= 0.6 is 0 Å². The highest BCUT2D eigenvalue weighted by Gasteiger charge is 2.38. The maximum Gasteiger partial charge on any atom is 0.308 e. The topological polar surface area (TPSA) is 78.6 Å². The summed E-state index contributed by atoms with van der Waals surface area (Å²) in [5.41, 5.74) is 5.48. The molecule has 0 aliphatic carbocycles. The van der Waals surface area contributed by atoms with Crippen molar-refractivity contribution in [3.63, 3.8) is 0 Å². The molecule has 0 radical (unpaired) electrons. The number of hydrogen-bond donors (Lipinski definition) is 1. The zero-order valence-electron chi connectivity index (χ0n) is 9.78. The number of benzene rings is 1. The Morgan fingerprint density at radius 1 is 1.37 bits per heavy atom. The van der Waals surface area contributed by atoms with E-state index >= 15 is 0 Å². The summed E-state index contributed by atoms with van der Waals surface area (Å²) >= 11 is 0. The number of esters is 1. The summed E-state index contributed by atoms with van der Waals surface area (Å²) in [5.74, 6) is -4.42. The Labute approximate surface area is 106 Å². The van der Waals surface area contributed by atoms with Crippen LogP contribution in [-0.2, 0) is 19.1 Å². The molecule has 1 aliphatic rings. The molecule has 100 valence electrons. The number of carbonyl (C=O) groups is 2. The summed E-state index contributed by atoms with van der Waals surface area (Å²) in [4.78, 5) is 22.7. The van der Waals surface area contributed by atoms with Gasteiger partial charge in [-0.25, -0.2) is 8.78 Å². The highest BCUT2D eigenvalue weighted by Crippen LogP contribution is 2.32. The summed E-state index contributed by atoms with van der Waals surface area (Å²) in [6.07, 6.45) is -1.25. The number of ketones is 1. The van der Waals surface area contributed by atoms with Gasteiger partial charge in [-0.1, -0.05) is 6.07 Å². The van der Waals surface area contributed by atoms with Crippen LogP contribution in [0.5, 0.6) is 0 Å². The van der Waals surface area contributed by atoms with Crippen LogP contribution in [-0.4, -0.2) is 11.8 Å². The number of halogens is 2. The molecule has 1 aromatic rings. The lowest BCUT2D eigenvalue weighted by Crippen LogP contribution is -2.13. The molecule has 0 bridgehead atoms. The first kappa shape index (κ1) is 13.0. The summed E-state index contributed by atoms with van der Waals surface area (Å²) < 4.78 is 35.5. The second kappa shape index (κ2) is 4.68. The Kier molecular flexibility index (Phi) is 3.20. The molecule has 0 saturated heterocycles. The second-order valence-electron chi connectivity index (χ2n) is 3.82. The van der Waals surface area contributed by atoms with Gasteiger partial charge in [0.1, 0.15) is 0 Å². The van der Waals surface area contributed by atoms with Crippen LogP contribution in [0.2, 0.25) is 0 Å². The Morgan fingerprint density at radius 3 is 2.63 bits per heavy atom. The predicted octanol–water partition coefficient (Wildman–Crippen LogP) is 1.30. The molecular weight excluding hydrogens is 260 g/mol. The number of Topliss-reactive ketones (excluding diaryl/α,β-unsaturated/α-hetero) is 1. The van der Waals surface area contributed by atoms with Crippen LogP contribution in [0.25, 0.3) is 0 Å². The van der Waals surface area contributed by atoms with Crippen molar-refractivity contribution >= 4 is 11.8 Å². The van der Waals surface area contributed by atoms with E-state index < -0.39 is 35.3 Å². The maximum atomic E-state index is 13.1. The Morgan fingerprint density at radius 2 is 2.05 bits per heavy atom. The molecule has 1 atom stereocenters. The Hall–Kier alpha value is -2.44. The lowest BCUT2D eigenvalue weighted by Gasteiger charge is -2.09. The van der Waals surface area contributed by atoms with Crippen molar-refractivity contribution < 1.29 is 27.8 Å². The van der Waals surface area contributed by atoms with Gasteiger partial charge in [-0.15, -0.1) is 0 Å². The van der Waals surface area contributed by atoms with Crippen LogP contribution in [0.1, 0.15) is 18.6 Å². The molecule has 0 aromatic heterocycles. The van der Waals surface area contributed by atoms with Crippen molar-refractivity contribution in [2.75, 3.05) is 0 Å². The molecule has 0 saturated carbocycles. The van der Waals surface area contributed by atoms with Crippen molar-refractivity contribution in [1.29, 1.82) is 0 Å². The zero-order chi connectivity index (χ0) is 14.2. The molecule has 19 heavy (non-hydrogen) atoms. The molecule has 5 nitrogen and oxygen atoms in total. The summed E-state index contributed by atoms with van der Waals surface area (Å²) in [5, 5.41) is 0. The van der Waals surface area contributed by atoms with Gasteiger partial charge in [-0.3, -0.25) is 9.59 Å². The fraction of sp³-hybridized carbons (Fsp3) is 0.167. The van der Waals surface area contributed by atoms with Crippen molar-refractivity contribution in [2.24, 2.45) is 5.73 Å². The quantitative estimate of drug-likeness (QED) is 0.818. The first-order valence-electron chi connectivity index (χ1n) is 5.24. The normalized spacial score (nSPS) is 18.5. The summed E-state index contributed by atoms with van der Waals surface area (Å²) in [6, 6.07) is 2.87. The molecule has 0 spiro atoms. The third kappa shape index (κ3) is 2.40. The van der Waals surface area contributed by atoms with Gasteiger partial charge >= 0.3 is 5.97 Å². The fourth-order valence-corrected chi connectivity index (χ4v) is 1.61. The number of rotatable bonds is 2. The summed E-state index contributed by atoms with van der Waals surface area (Å²) in [6.45, 7) is 1.10. The average Bonchev–Trinajstić information content (AvgIpc) is 2.60. The minimum atomic E-state index is -1.25. The van der Waals surface area contributed by atoms with E-state index in [-0.39, 0.29) is 11.4 Å². The molecule has 1 heterocycles. The van der Waals surface area contributed by atoms with Crippen LogP contribution < -0.4 is 5.73 Å². The van der Waals surface area contributed by atoms with E-state index in [4.69, 9.17) is 10.5 Å². The first-order chi connectivity index (χ1) is 8.90. The second-order valence-corrected chi connectivity index (χ2v) is 3.82.